The standard InChI is InChI=1S/C21H20F3N5O/c1-29-18-9-3-8-17(16(18)12-26-29)28-20(30)15-7-4-10-25-19(15)27-14-6-2-5-13(11-14)21(22,23)24/h2,4-7,10-12,17H,3,8-9H2,1H3,(H,25,27)(H,28,30)/t17-/m0/s1. The van der Waals surface area contributed by atoms with E-state index in [2.05, 4.69) is 20.7 Å². The Balaban J connectivity index is 1.56. The van der Waals surface area contributed by atoms with E-state index in [9.17, 15) is 18.0 Å². The maximum Gasteiger partial charge on any atom is 0.416 e. The number of benzene rings is 1. The largest absolute Gasteiger partial charge is 0.416 e. The molecule has 0 fully saturated rings. The zero-order valence-corrected chi connectivity index (χ0v) is 16.2. The summed E-state index contributed by atoms with van der Waals surface area (Å²) in [5.74, 6) is -0.157. The number of nitrogens with zero attached hydrogens (tertiary/aromatic N) is 3. The first-order valence-electron chi connectivity index (χ1n) is 9.54. The summed E-state index contributed by atoms with van der Waals surface area (Å²) in [6, 6.07) is 7.81. The van der Waals surface area contributed by atoms with Crippen molar-refractivity contribution in [2.24, 2.45) is 7.05 Å². The van der Waals surface area contributed by atoms with Crippen LogP contribution in [-0.2, 0) is 19.6 Å². The molecule has 0 unspecified atom stereocenters. The van der Waals surface area contributed by atoms with Crippen LogP contribution in [0.1, 0.15) is 46.1 Å². The van der Waals surface area contributed by atoms with Gasteiger partial charge in [-0.15, -0.1) is 0 Å². The van der Waals surface area contributed by atoms with Crippen LogP contribution in [0.3, 0.4) is 0 Å². The predicted molar refractivity (Wildman–Crippen MR) is 105 cm³/mol. The number of halogens is 3. The average molecular weight is 415 g/mol. The summed E-state index contributed by atoms with van der Waals surface area (Å²) in [5, 5.41) is 10.1. The van der Waals surface area contributed by atoms with Crippen LogP contribution in [-0.4, -0.2) is 20.7 Å². The lowest BCUT2D eigenvalue weighted by Crippen LogP contribution is -2.31. The van der Waals surface area contributed by atoms with Gasteiger partial charge in [-0.1, -0.05) is 6.07 Å². The van der Waals surface area contributed by atoms with Crippen LogP contribution in [0.15, 0.2) is 48.8 Å². The molecule has 6 nitrogen and oxygen atoms in total. The Labute approximate surface area is 171 Å². The molecular weight excluding hydrogens is 395 g/mol. The van der Waals surface area contributed by atoms with Crippen molar-refractivity contribution in [2.45, 2.75) is 31.5 Å². The van der Waals surface area contributed by atoms with Gasteiger partial charge in [0.25, 0.3) is 5.91 Å². The van der Waals surface area contributed by atoms with E-state index in [0.717, 1.165) is 42.7 Å². The second kappa shape index (κ2) is 7.81. The van der Waals surface area contributed by atoms with Gasteiger partial charge in [0.15, 0.2) is 0 Å². The summed E-state index contributed by atoms with van der Waals surface area (Å²) in [4.78, 5) is 17.1. The van der Waals surface area contributed by atoms with Crippen LogP contribution in [0.25, 0.3) is 0 Å². The molecule has 4 rings (SSSR count). The van der Waals surface area contributed by atoms with Crippen molar-refractivity contribution in [1.29, 1.82) is 0 Å². The maximum absolute atomic E-state index is 13.0. The third-order valence-electron chi connectivity index (χ3n) is 5.19. The molecular formula is C21H20F3N5O. The van der Waals surface area contributed by atoms with Crippen molar-refractivity contribution >= 4 is 17.4 Å². The topological polar surface area (TPSA) is 71.8 Å². The van der Waals surface area contributed by atoms with Crippen molar-refractivity contribution in [3.05, 3.63) is 71.2 Å². The van der Waals surface area contributed by atoms with Gasteiger partial charge in [-0.25, -0.2) is 4.98 Å². The third kappa shape index (κ3) is 4.00. The van der Waals surface area contributed by atoms with Gasteiger partial charge in [-0.05, 0) is 49.6 Å². The minimum Gasteiger partial charge on any atom is -0.345 e. The molecule has 0 bridgehead atoms. The molecule has 2 N–H and O–H groups in total. The van der Waals surface area contributed by atoms with Gasteiger partial charge in [0.2, 0.25) is 0 Å². The van der Waals surface area contributed by atoms with Crippen molar-refractivity contribution in [3.8, 4) is 0 Å². The predicted octanol–water partition coefficient (Wildman–Crippen LogP) is 4.38. The number of amides is 1. The SMILES string of the molecule is Cn1ncc2c1CCC[C@@H]2NC(=O)c1cccnc1Nc1cccc(C(F)(F)F)c1. The summed E-state index contributed by atoms with van der Waals surface area (Å²) in [5.41, 5.74) is 1.77. The van der Waals surface area contributed by atoms with Crippen LogP contribution in [0.5, 0.6) is 0 Å². The number of pyridine rings is 1. The summed E-state index contributed by atoms with van der Waals surface area (Å²) >= 11 is 0. The number of hydrogen-bond acceptors (Lipinski definition) is 4. The minimum atomic E-state index is -4.45. The van der Waals surface area contributed by atoms with Crippen LogP contribution in [0.2, 0.25) is 0 Å². The molecule has 0 aliphatic heterocycles. The first-order valence-corrected chi connectivity index (χ1v) is 9.54. The first-order chi connectivity index (χ1) is 14.3. The lowest BCUT2D eigenvalue weighted by Gasteiger charge is -2.24. The maximum atomic E-state index is 13.0. The fourth-order valence-corrected chi connectivity index (χ4v) is 3.69. The van der Waals surface area contributed by atoms with Crippen LogP contribution in [0, 0.1) is 0 Å². The second-order valence-corrected chi connectivity index (χ2v) is 7.19. The molecule has 1 amide bonds. The molecule has 3 aromatic rings. The number of hydrogen-bond donors (Lipinski definition) is 2. The molecule has 1 aromatic carbocycles. The zero-order chi connectivity index (χ0) is 21.3. The molecule has 2 heterocycles. The van der Waals surface area contributed by atoms with Crippen LogP contribution < -0.4 is 10.6 Å². The van der Waals surface area contributed by atoms with Gasteiger partial charge in [-0.3, -0.25) is 9.48 Å². The molecule has 1 atom stereocenters. The molecule has 30 heavy (non-hydrogen) atoms. The Hall–Kier alpha value is -3.36. The number of carbonyl (C=O) groups is 1. The smallest absolute Gasteiger partial charge is 0.345 e. The Morgan fingerprint density at radius 3 is 2.87 bits per heavy atom. The number of rotatable bonds is 4. The number of nitrogens with one attached hydrogen (secondary N) is 2. The van der Waals surface area contributed by atoms with Crippen LogP contribution in [0.4, 0.5) is 24.7 Å². The van der Waals surface area contributed by atoms with E-state index < -0.39 is 11.7 Å². The fraction of sp³-hybridized carbons (Fsp3) is 0.286. The van der Waals surface area contributed by atoms with Crippen molar-refractivity contribution in [3.63, 3.8) is 0 Å². The van der Waals surface area contributed by atoms with E-state index in [1.807, 2.05) is 11.7 Å². The fourth-order valence-electron chi connectivity index (χ4n) is 3.69. The van der Waals surface area contributed by atoms with Gasteiger partial charge in [-0.2, -0.15) is 18.3 Å². The summed E-state index contributed by atoms with van der Waals surface area (Å²) in [6.07, 6.45) is 1.43. The van der Waals surface area contributed by atoms with E-state index >= 15 is 0 Å². The molecule has 156 valence electrons. The summed E-state index contributed by atoms with van der Waals surface area (Å²) in [7, 11) is 1.88. The number of aromatic nitrogens is 3. The van der Waals surface area contributed by atoms with Gasteiger partial charge in [0.1, 0.15) is 5.82 Å². The number of aryl methyl sites for hydroxylation is 1. The van der Waals surface area contributed by atoms with Gasteiger partial charge in [0.05, 0.1) is 23.4 Å². The molecule has 0 saturated carbocycles. The lowest BCUT2D eigenvalue weighted by atomic mass is 9.93. The number of fused-ring (bicyclic) bond motifs is 1. The van der Waals surface area contributed by atoms with Gasteiger partial charge >= 0.3 is 6.18 Å². The third-order valence-corrected chi connectivity index (χ3v) is 5.19. The molecule has 1 aliphatic carbocycles. The Bertz CT molecular complexity index is 1080. The summed E-state index contributed by atoms with van der Waals surface area (Å²) in [6.45, 7) is 0. The highest BCUT2D eigenvalue weighted by Crippen LogP contribution is 2.32. The average Bonchev–Trinajstić information content (AvgIpc) is 3.10. The number of alkyl halides is 3. The molecule has 0 spiro atoms. The van der Waals surface area contributed by atoms with Crippen molar-refractivity contribution in [2.75, 3.05) is 5.32 Å². The van der Waals surface area contributed by atoms with E-state index in [-0.39, 0.29) is 29.0 Å². The monoisotopic (exact) mass is 415 g/mol. The normalized spacial score (nSPS) is 16.1. The number of carbonyl (C=O) groups excluding carboxylic acids is 1. The van der Waals surface area contributed by atoms with E-state index in [0.29, 0.717) is 0 Å². The lowest BCUT2D eigenvalue weighted by molar-refractivity contribution is -0.137. The first kappa shape index (κ1) is 19.9. The minimum absolute atomic E-state index is 0.170. The van der Waals surface area contributed by atoms with Gasteiger partial charge in [0, 0.05) is 30.2 Å². The molecule has 0 saturated heterocycles. The van der Waals surface area contributed by atoms with E-state index in [4.69, 9.17) is 0 Å². The highest BCUT2D eigenvalue weighted by Gasteiger charge is 2.30. The van der Waals surface area contributed by atoms with Crippen LogP contribution >= 0.6 is 0 Å². The summed E-state index contributed by atoms with van der Waals surface area (Å²) < 4.78 is 40.8. The Morgan fingerprint density at radius 2 is 2.07 bits per heavy atom. The second-order valence-electron chi connectivity index (χ2n) is 7.19. The highest BCUT2D eigenvalue weighted by molar-refractivity contribution is 5.99. The van der Waals surface area contributed by atoms with Crippen molar-refractivity contribution < 1.29 is 18.0 Å². The van der Waals surface area contributed by atoms with E-state index in [1.54, 1.807) is 18.3 Å². The quantitative estimate of drug-likeness (QED) is 0.663. The van der Waals surface area contributed by atoms with Crippen molar-refractivity contribution in [1.82, 2.24) is 20.1 Å². The van der Waals surface area contributed by atoms with Gasteiger partial charge < -0.3 is 10.6 Å². The highest BCUT2D eigenvalue weighted by atomic mass is 19.4. The zero-order valence-electron chi connectivity index (χ0n) is 16.2. The Kier molecular flexibility index (Phi) is 5.19. The molecule has 9 heteroatoms. The number of anilines is 2. The van der Waals surface area contributed by atoms with E-state index in [1.165, 1.54) is 18.3 Å². The molecule has 0 radical (unpaired) electrons. The Morgan fingerprint density at radius 1 is 1.23 bits per heavy atom. The molecule has 1 aliphatic rings. The molecule has 2 aromatic heterocycles.